The molecule has 0 aromatic heterocycles. The summed E-state index contributed by atoms with van der Waals surface area (Å²) in [6, 6.07) is -0.381. The number of thiol groups is 1. The molecule has 0 fully saturated rings. The van der Waals surface area contributed by atoms with Crippen LogP contribution < -0.4 is 5.73 Å². The molecule has 0 bridgehead atoms. The van der Waals surface area contributed by atoms with Gasteiger partial charge in [0, 0.05) is 11.7 Å². The van der Waals surface area contributed by atoms with E-state index in [9.17, 15) is 4.79 Å². The first-order valence-electron chi connectivity index (χ1n) is 2.99. The zero-order valence-corrected chi connectivity index (χ0v) is 6.69. The van der Waals surface area contributed by atoms with Crippen LogP contribution in [-0.4, -0.2) is 17.6 Å². The van der Waals surface area contributed by atoms with Crippen molar-refractivity contribution in [2.75, 3.05) is 5.75 Å². The zero-order chi connectivity index (χ0) is 7.44. The van der Waals surface area contributed by atoms with Gasteiger partial charge in [-0.05, 0) is 0 Å². The van der Waals surface area contributed by atoms with Crippen LogP contribution in [0, 0.1) is 5.92 Å². The minimum absolute atomic E-state index is 0.0344. The van der Waals surface area contributed by atoms with Gasteiger partial charge in [0.2, 0.25) is 0 Å². The van der Waals surface area contributed by atoms with Gasteiger partial charge in [0.15, 0.2) is 5.78 Å². The van der Waals surface area contributed by atoms with E-state index in [-0.39, 0.29) is 17.7 Å². The molecule has 2 nitrogen and oxygen atoms in total. The summed E-state index contributed by atoms with van der Waals surface area (Å²) in [4.78, 5) is 10.9. The summed E-state index contributed by atoms with van der Waals surface area (Å²) in [7, 11) is 0. The van der Waals surface area contributed by atoms with E-state index in [4.69, 9.17) is 5.73 Å². The second-order valence-electron chi connectivity index (χ2n) is 2.35. The average molecular weight is 147 g/mol. The smallest absolute Gasteiger partial charge is 0.152 e. The van der Waals surface area contributed by atoms with Gasteiger partial charge < -0.3 is 5.73 Å². The lowest BCUT2D eigenvalue weighted by Crippen LogP contribution is -2.35. The molecule has 0 saturated heterocycles. The van der Waals surface area contributed by atoms with E-state index in [0.29, 0.717) is 5.75 Å². The van der Waals surface area contributed by atoms with Crippen molar-refractivity contribution in [3.63, 3.8) is 0 Å². The lowest BCUT2D eigenvalue weighted by atomic mass is 10.0. The predicted molar refractivity (Wildman–Crippen MR) is 41.7 cm³/mol. The SMILES string of the molecule is CC(C)C(=O)C(N)CS. The molecule has 9 heavy (non-hydrogen) atoms. The van der Waals surface area contributed by atoms with Crippen LogP contribution in [0.15, 0.2) is 0 Å². The van der Waals surface area contributed by atoms with Gasteiger partial charge in [-0.25, -0.2) is 0 Å². The molecule has 1 unspecified atom stereocenters. The van der Waals surface area contributed by atoms with E-state index in [2.05, 4.69) is 12.6 Å². The Kier molecular flexibility index (Phi) is 3.89. The number of hydrogen-bond donors (Lipinski definition) is 2. The molecule has 3 heteroatoms. The predicted octanol–water partition coefficient (Wildman–Crippen LogP) is 0.469. The maximum absolute atomic E-state index is 10.9. The van der Waals surface area contributed by atoms with E-state index >= 15 is 0 Å². The molecule has 0 aromatic rings. The summed E-state index contributed by atoms with van der Waals surface area (Å²) < 4.78 is 0. The Morgan fingerprint density at radius 1 is 1.67 bits per heavy atom. The van der Waals surface area contributed by atoms with Gasteiger partial charge in [0.25, 0.3) is 0 Å². The monoisotopic (exact) mass is 147 g/mol. The molecule has 1 atom stereocenters. The molecule has 0 aliphatic carbocycles. The van der Waals surface area contributed by atoms with Gasteiger partial charge in [-0.3, -0.25) is 4.79 Å². The molecule has 2 N–H and O–H groups in total. The van der Waals surface area contributed by atoms with Crippen molar-refractivity contribution in [3.05, 3.63) is 0 Å². The topological polar surface area (TPSA) is 43.1 Å². The first-order chi connectivity index (χ1) is 4.09. The Morgan fingerprint density at radius 2 is 2.11 bits per heavy atom. The van der Waals surface area contributed by atoms with E-state index < -0.39 is 0 Å². The summed E-state index contributed by atoms with van der Waals surface area (Å²) in [6.07, 6.45) is 0. The highest BCUT2D eigenvalue weighted by Crippen LogP contribution is 1.98. The minimum atomic E-state index is -0.381. The van der Waals surface area contributed by atoms with E-state index in [1.165, 1.54) is 0 Å². The van der Waals surface area contributed by atoms with Crippen LogP contribution >= 0.6 is 12.6 Å². The van der Waals surface area contributed by atoms with E-state index in [0.717, 1.165) is 0 Å². The van der Waals surface area contributed by atoms with Crippen molar-refractivity contribution in [2.24, 2.45) is 11.7 Å². The molecule has 0 aromatic carbocycles. The highest BCUT2D eigenvalue weighted by atomic mass is 32.1. The molecule has 0 amide bonds. The van der Waals surface area contributed by atoms with Crippen molar-refractivity contribution in [3.8, 4) is 0 Å². The number of hydrogen-bond acceptors (Lipinski definition) is 3. The summed E-state index contributed by atoms with van der Waals surface area (Å²) in [5.74, 6) is 0.564. The minimum Gasteiger partial charge on any atom is -0.321 e. The Bertz CT molecular complexity index is 103. The average Bonchev–Trinajstić information content (AvgIpc) is 1.84. The highest BCUT2D eigenvalue weighted by Gasteiger charge is 2.14. The Hall–Kier alpha value is -0.0200. The molecule has 54 valence electrons. The lowest BCUT2D eigenvalue weighted by Gasteiger charge is -2.08. The molecule has 0 aliphatic heterocycles. The fourth-order valence-electron chi connectivity index (χ4n) is 0.518. The molecule has 0 rings (SSSR count). The summed E-state index contributed by atoms with van der Waals surface area (Å²) in [5.41, 5.74) is 5.39. The second kappa shape index (κ2) is 3.90. The number of carbonyl (C=O) groups is 1. The van der Waals surface area contributed by atoms with Crippen LogP contribution in [0.25, 0.3) is 0 Å². The third kappa shape index (κ3) is 2.87. The molecule has 0 spiro atoms. The van der Waals surface area contributed by atoms with Crippen molar-refractivity contribution >= 4 is 18.4 Å². The fourth-order valence-corrected chi connectivity index (χ4v) is 0.698. The van der Waals surface area contributed by atoms with Gasteiger partial charge in [0.05, 0.1) is 6.04 Å². The van der Waals surface area contributed by atoms with E-state index in [1.54, 1.807) is 0 Å². The Morgan fingerprint density at radius 3 is 2.22 bits per heavy atom. The first-order valence-corrected chi connectivity index (χ1v) is 3.63. The van der Waals surface area contributed by atoms with Crippen molar-refractivity contribution in [1.29, 1.82) is 0 Å². The maximum atomic E-state index is 10.9. The van der Waals surface area contributed by atoms with Crippen molar-refractivity contribution in [2.45, 2.75) is 19.9 Å². The van der Waals surface area contributed by atoms with Gasteiger partial charge in [0.1, 0.15) is 0 Å². The third-order valence-corrected chi connectivity index (χ3v) is 1.52. The van der Waals surface area contributed by atoms with Crippen LogP contribution in [0.2, 0.25) is 0 Å². The van der Waals surface area contributed by atoms with Crippen LogP contribution in [-0.2, 0) is 4.79 Å². The number of Topliss-reactive ketones (excluding diaryl/α,β-unsaturated/α-hetero) is 1. The number of ketones is 1. The maximum Gasteiger partial charge on any atom is 0.152 e. The second-order valence-corrected chi connectivity index (χ2v) is 2.71. The Labute approximate surface area is 61.2 Å². The quantitative estimate of drug-likeness (QED) is 0.570. The number of carbonyl (C=O) groups excluding carboxylic acids is 1. The van der Waals surface area contributed by atoms with Crippen molar-refractivity contribution in [1.82, 2.24) is 0 Å². The third-order valence-electron chi connectivity index (χ3n) is 1.13. The van der Waals surface area contributed by atoms with Gasteiger partial charge in [-0.1, -0.05) is 13.8 Å². The van der Waals surface area contributed by atoms with Gasteiger partial charge in [-0.15, -0.1) is 0 Å². The summed E-state index contributed by atoms with van der Waals surface area (Å²) in [5, 5.41) is 0. The number of rotatable bonds is 3. The molecule has 0 aliphatic rings. The zero-order valence-electron chi connectivity index (χ0n) is 5.79. The Balaban J connectivity index is 3.73. The summed E-state index contributed by atoms with van der Waals surface area (Å²) >= 11 is 3.90. The van der Waals surface area contributed by atoms with Crippen LogP contribution in [0.4, 0.5) is 0 Å². The standard InChI is InChI=1S/C6H13NOS/c1-4(2)6(8)5(7)3-9/h4-5,9H,3,7H2,1-2H3. The summed E-state index contributed by atoms with van der Waals surface area (Å²) in [6.45, 7) is 3.68. The largest absolute Gasteiger partial charge is 0.321 e. The normalized spacial score (nSPS) is 13.9. The lowest BCUT2D eigenvalue weighted by molar-refractivity contribution is -0.122. The van der Waals surface area contributed by atoms with Gasteiger partial charge in [-0.2, -0.15) is 12.6 Å². The van der Waals surface area contributed by atoms with Gasteiger partial charge >= 0.3 is 0 Å². The molecular weight excluding hydrogens is 134 g/mol. The molecular formula is C6H13NOS. The molecule has 0 heterocycles. The number of nitrogens with two attached hydrogens (primary N) is 1. The highest BCUT2D eigenvalue weighted by molar-refractivity contribution is 7.80. The molecule has 0 radical (unpaired) electrons. The fraction of sp³-hybridized carbons (Fsp3) is 0.833. The van der Waals surface area contributed by atoms with Crippen LogP contribution in [0.5, 0.6) is 0 Å². The molecule has 0 saturated carbocycles. The van der Waals surface area contributed by atoms with Crippen LogP contribution in [0.1, 0.15) is 13.8 Å². The van der Waals surface area contributed by atoms with E-state index in [1.807, 2.05) is 13.8 Å². The van der Waals surface area contributed by atoms with Crippen LogP contribution in [0.3, 0.4) is 0 Å². The first kappa shape index (κ1) is 8.98. The van der Waals surface area contributed by atoms with Crippen molar-refractivity contribution < 1.29 is 4.79 Å².